The lowest BCUT2D eigenvalue weighted by atomic mass is 10.4. The second-order valence-corrected chi connectivity index (χ2v) is 4.07. The molecule has 1 aromatic rings. The van der Waals surface area contributed by atoms with Gasteiger partial charge in [0.05, 0.1) is 29.6 Å². The Morgan fingerprint density at radius 1 is 1.50 bits per heavy atom. The summed E-state index contributed by atoms with van der Waals surface area (Å²) in [6.45, 7) is 1.85. The first-order valence-electron chi connectivity index (χ1n) is 5.07. The maximum atomic E-state index is 8.49. The van der Waals surface area contributed by atoms with Crippen LogP contribution < -0.4 is 11.1 Å². The van der Waals surface area contributed by atoms with E-state index in [0.717, 1.165) is 23.3 Å². The van der Waals surface area contributed by atoms with Crippen LogP contribution in [0.3, 0.4) is 0 Å². The molecule has 0 aliphatic heterocycles. The topological polar surface area (TPSA) is 80.4 Å². The molecule has 0 saturated heterocycles. The minimum Gasteiger partial charge on any atom is -0.397 e. The van der Waals surface area contributed by atoms with Crippen LogP contribution in [0.25, 0.3) is 0 Å². The molecule has 4 N–H and O–H groups in total. The number of aromatic nitrogens is 1. The number of aliphatic hydroxyl groups excluding tert-OH is 1. The molecule has 0 aliphatic carbocycles. The van der Waals surface area contributed by atoms with Gasteiger partial charge >= 0.3 is 0 Å². The summed E-state index contributed by atoms with van der Waals surface area (Å²) in [6.07, 6.45) is 2.47. The van der Waals surface area contributed by atoms with Crippen molar-refractivity contribution in [1.82, 2.24) is 4.98 Å². The maximum absolute atomic E-state index is 8.49. The number of nitrogens with one attached hydrogen (secondary N) is 1. The molecular weight excluding hydrogens is 274 g/mol. The largest absolute Gasteiger partial charge is 0.397 e. The second kappa shape index (κ2) is 7.43. The zero-order chi connectivity index (χ0) is 11.8. The van der Waals surface area contributed by atoms with Gasteiger partial charge in [0, 0.05) is 13.2 Å². The first-order valence-corrected chi connectivity index (χ1v) is 5.87. The van der Waals surface area contributed by atoms with Gasteiger partial charge in [-0.15, -0.1) is 0 Å². The number of ether oxygens (including phenoxy) is 1. The van der Waals surface area contributed by atoms with Crippen molar-refractivity contribution < 1.29 is 9.84 Å². The summed E-state index contributed by atoms with van der Waals surface area (Å²) in [7, 11) is 0. The highest BCUT2D eigenvalue weighted by atomic mass is 79.9. The van der Waals surface area contributed by atoms with Gasteiger partial charge in [0.25, 0.3) is 0 Å². The van der Waals surface area contributed by atoms with Crippen molar-refractivity contribution in [3.63, 3.8) is 0 Å². The molecule has 6 heteroatoms. The zero-order valence-corrected chi connectivity index (χ0v) is 10.5. The van der Waals surface area contributed by atoms with Crippen molar-refractivity contribution in [2.24, 2.45) is 0 Å². The van der Waals surface area contributed by atoms with E-state index in [9.17, 15) is 0 Å². The van der Waals surface area contributed by atoms with Crippen LogP contribution in [0.2, 0.25) is 0 Å². The van der Waals surface area contributed by atoms with Crippen LogP contribution in [0.4, 0.5) is 11.5 Å². The van der Waals surface area contributed by atoms with Crippen LogP contribution in [-0.4, -0.2) is 36.5 Å². The normalized spacial score (nSPS) is 10.4. The summed E-state index contributed by atoms with van der Waals surface area (Å²) in [6, 6.07) is 1.80. The van der Waals surface area contributed by atoms with Gasteiger partial charge in [-0.3, -0.25) is 0 Å². The average molecular weight is 290 g/mol. The first-order chi connectivity index (χ1) is 7.74. The highest BCUT2D eigenvalue weighted by molar-refractivity contribution is 9.10. The number of rotatable bonds is 7. The molecule has 90 valence electrons. The third-order valence-corrected chi connectivity index (χ3v) is 2.46. The fourth-order valence-electron chi connectivity index (χ4n) is 1.13. The van der Waals surface area contributed by atoms with Crippen molar-refractivity contribution in [2.75, 3.05) is 37.4 Å². The van der Waals surface area contributed by atoms with Crippen molar-refractivity contribution in [3.8, 4) is 0 Å². The lowest BCUT2D eigenvalue weighted by Crippen LogP contribution is -2.09. The fourth-order valence-corrected chi connectivity index (χ4v) is 1.64. The van der Waals surface area contributed by atoms with E-state index in [4.69, 9.17) is 15.6 Å². The summed E-state index contributed by atoms with van der Waals surface area (Å²) in [5.74, 6) is 0.774. The van der Waals surface area contributed by atoms with E-state index in [1.807, 2.05) is 0 Å². The van der Waals surface area contributed by atoms with E-state index in [1.54, 1.807) is 12.3 Å². The monoisotopic (exact) mass is 289 g/mol. The fraction of sp³-hybridized carbons (Fsp3) is 0.500. The molecule has 0 fully saturated rings. The maximum Gasteiger partial charge on any atom is 0.140 e. The van der Waals surface area contributed by atoms with E-state index in [1.165, 1.54) is 0 Å². The van der Waals surface area contributed by atoms with E-state index in [-0.39, 0.29) is 6.61 Å². The number of hydrogen-bond acceptors (Lipinski definition) is 5. The second-order valence-electron chi connectivity index (χ2n) is 3.22. The van der Waals surface area contributed by atoms with Crippen molar-refractivity contribution >= 4 is 27.4 Å². The third-order valence-electron chi connectivity index (χ3n) is 1.86. The van der Waals surface area contributed by atoms with Crippen molar-refractivity contribution in [3.05, 3.63) is 16.7 Å². The summed E-state index contributed by atoms with van der Waals surface area (Å²) < 4.78 is 5.98. The minimum absolute atomic E-state index is 0.0680. The molecule has 16 heavy (non-hydrogen) atoms. The standard InChI is InChI=1S/C10H16BrN3O2/c11-9-6-8(12)7-14-10(9)13-2-1-4-16-5-3-15/h6-7,15H,1-5,12H2,(H,13,14). The number of nitrogen functional groups attached to an aromatic ring is 1. The molecule has 0 spiro atoms. The zero-order valence-electron chi connectivity index (χ0n) is 8.95. The average Bonchev–Trinajstić information content (AvgIpc) is 2.26. The van der Waals surface area contributed by atoms with Gasteiger partial charge in [0.1, 0.15) is 5.82 Å². The number of aliphatic hydroxyl groups is 1. The molecule has 0 aromatic carbocycles. The van der Waals surface area contributed by atoms with Crippen LogP contribution in [0.5, 0.6) is 0 Å². The number of nitrogens with two attached hydrogens (primary N) is 1. The highest BCUT2D eigenvalue weighted by Gasteiger charge is 2.00. The summed E-state index contributed by atoms with van der Waals surface area (Å²) >= 11 is 3.37. The van der Waals surface area contributed by atoms with Crippen LogP contribution in [-0.2, 0) is 4.74 Å². The van der Waals surface area contributed by atoms with E-state index in [2.05, 4.69) is 26.2 Å². The molecule has 1 heterocycles. The molecule has 1 rings (SSSR count). The Labute approximate surface area is 103 Å². The van der Waals surface area contributed by atoms with Gasteiger partial charge in [0.2, 0.25) is 0 Å². The Morgan fingerprint density at radius 2 is 2.31 bits per heavy atom. The predicted octanol–water partition coefficient (Wildman–Crippen LogP) is 1.24. The third kappa shape index (κ3) is 4.78. The SMILES string of the molecule is Nc1cnc(NCCCOCCO)c(Br)c1. The van der Waals surface area contributed by atoms with Gasteiger partial charge in [0.15, 0.2) is 0 Å². The molecule has 0 saturated carbocycles. The van der Waals surface area contributed by atoms with Gasteiger partial charge in [-0.25, -0.2) is 4.98 Å². The van der Waals surface area contributed by atoms with Gasteiger partial charge in [-0.05, 0) is 28.4 Å². The lowest BCUT2D eigenvalue weighted by Gasteiger charge is -2.08. The molecule has 0 unspecified atom stereocenters. The summed E-state index contributed by atoms with van der Waals surface area (Å²) in [5.41, 5.74) is 6.20. The number of anilines is 2. The number of nitrogens with zero attached hydrogens (tertiary/aromatic N) is 1. The molecule has 0 amide bonds. The summed E-state index contributed by atoms with van der Waals surface area (Å²) in [4.78, 5) is 4.15. The Balaban J connectivity index is 2.21. The minimum atomic E-state index is 0.0680. The highest BCUT2D eigenvalue weighted by Crippen LogP contribution is 2.21. The smallest absolute Gasteiger partial charge is 0.140 e. The lowest BCUT2D eigenvalue weighted by molar-refractivity contribution is 0.0922. The van der Waals surface area contributed by atoms with E-state index in [0.29, 0.717) is 18.9 Å². The number of hydrogen-bond donors (Lipinski definition) is 3. The molecule has 0 atom stereocenters. The quantitative estimate of drug-likeness (QED) is 0.658. The van der Waals surface area contributed by atoms with E-state index < -0.39 is 0 Å². The van der Waals surface area contributed by atoms with Crippen molar-refractivity contribution in [1.29, 1.82) is 0 Å². The van der Waals surface area contributed by atoms with Gasteiger partial charge in [-0.1, -0.05) is 0 Å². The Hall–Kier alpha value is -0.850. The Morgan fingerprint density at radius 3 is 3.00 bits per heavy atom. The molecule has 0 radical (unpaired) electrons. The predicted molar refractivity (Wildman–Crippen MR) is 67.4 cm³/mol. The molecule has 0 aliphatic rings. The molecule has 1 aromatic heterocycles. The van der Waals surface area contributed by atoms with Crippen LogP contribution in [0.1, 0.15) is 6.42 Å². The van der Waals surface area contributed by atoms with Crippen LogP contribution in [0.15, 0.2) is 16.7 Å². The van der Waals surface area contributed by atoms with Crippen molar-refractivity contribution in [2.45, 2.75) is 6.42 Å². The van der Waals surface area contributed by atoms with Gasteiger partial charge in [-0.2, -0.15) is 0 Å². The number of halogens is 1. The Bertz CT molecular complexity index is 323. The van der Waals surface area contributed by atoms with E-state index >= 15 is 0 Å². The van der Waals surface area contributed by atoms with Crippen LogP contribution in [0, 0.1) is 0 Å². The molecular formula is C10H16BrN3O2. The number of pyridine rings is 1. The summed E-state index contributed by atoms with van der Waals surface area (Å²) in [5, 5.41) is 11.7. The molecule has 5 nitrogen and oxygen atoms in total. The van der Waals surface area contributed by atoms with Gasteiger partial charge < -0.3 is 20.9 Å². The van der Waals surface area contributed by atoms with Crippen LogP contribution >= 0.6 is 15.9 Å². The molecule has 0 bridgehead atoms. The Kier molecular flexibility index (Phi) is 6.14. The first kappa shape index (κ1) is 13.2.